The molecule has 0 aliphatic heterocycles. The molecule has 0 unspecified atom stereocenters. The number of rotatable bonds is 3. The molecule has 0 aliphatic carbocycles. The summed E-state index contributed by atoms with van der Waals surface area (Å²) in [6.45, 7) is 3.53. The van der Waals surface area contributed by atoms with E-state index in [4.69, 9.17) is 0 Å². The van der Waals surface area contributed by atoms with Gasteiger partial charge in [-0.25, -0.2) is 4.98 Å². The number of amides is 1. The molecule has 0 atom stereocenters. The zero-order valence-corrected chi connectivity index (χ0v) is 13.3. The smallest absolute Gasteiger partial charge is 0.294 e. The molecule has 7 nitrogen and oxygen atoms in total. The van der Waals surface area contributed by atoms with E-state index >= 15 is 0 Å². The van der Waals surface area contributed by atoms with E-state index in [1.807, 2.05) is 0 Å². The number of aromatic nitrogens is 5. The number of alkyl halides is 3. The Morgan fingerprint density at radius 2 is 2.12 bits per heavy atom. The van der Waals surface area contributed by atoms with Gasteiger partial charge in [0.15, 0.2) is 5.13 Å². The highest BCUT2D eigenvalue weighted by atomic mass is 32.1. The Labute approximate surface area is 137 Å². The largest absolute Gasteiger partial charge is 0.451 e. The van der Waals surface area contributed by atoms with E-state index in [1.165, 1.54) is 11.3 Å². The maximum atomic E-state index is 12.5. The molecular weight excluding hydrogens is 345 g/mol. The van der Waals surface area contributed by atoms with Gasteiger partial charge < -0.3 is 0 Å². The first kappa shape index (κ1) is 16.2. The van der Waals surface area contributed by atoms with Crippen molar-refractivity contribution in [3.05, 3.63) is 40.4 Å². The topological polar surface area (TPSA) is 88.5 Å². The minimum atomic E-state index is -4.66. The fourth-order valence-electron chi connectivity index (χ4n) is 2.23. The summed E-state index contributed by atoms with van der Waals surface area (Å²) >= 11 is 1.40. The van der Waals surface area contributed by atoms with Crippen LogP contribution in [0.4, 0.5) is 19.1 Å². The second-order valence-corrected chi connectivity index (χ2v) is 5.77. The predicted molar refractivity (Wildman–Crippen MR) is 80.3 cm³/mol. The summed E-state index contributed by atoms with van der Waals surface area (Å²) in [7, 11) is 0. The number of H-pyrrole nitrogens is 1. The molecule has 0 aliphatic rings. The Hall–Kier alpha value is -2.69. The van der Waals surface area contributed by atoms with Crippen LogP contribution in [0, 0.1) is 13.8 Å². The summed E-state index contributed by atoms with van der Waals surface area (Å²) in [5.74, 6) is -2.31. The zero-order chi connectivity index (χ0) is 17.5. The monoisotopic (exact) mass is 356 g/mol. The first-order valence-corrected chi connectivity index (χ1v) is 7.55. The first-order valence-electron chi connectivity index (χ1n) is 6.67. The van der Waals surface area contributed by atoms with Crippen LogP contribution in [0.3, 0.4) is 0 Å². The Kier molecular flexibility index (Phi) is 3.87. The highest BCUT2D eigenvalue weighted by molar-refractivity contribution is 7.12. The Balaban J connectivity index is 1.86. The van der Waals surface area contributed by atoms with Gasteiger partial charge in [0.1, 0.15) is 0 Å². The lowest BCUT2D eigenvalue weighted by molar-refractivity contribution is -0.144. The van der Waals surface area contributed by atoms with Crippen LogP contribution in [0.5, 0.6) is 0 Å². The van der Waals surface area contributed by atoms with Gasteiger partial charge in [-0.1, -0.05) is 0 Å². The zero-order valence-electron chi connectivity index (χ0n) is 12.5. The molecule has 3 aromatic heterocycles. The van der Waals surface area contributed by atoms with Crippen LogP contribution < -0.4 is 5.32 Å². The van der Waals surface area contributed by atoms with E-state index in [1.54, 1.807) is 41.2 Å². The molecule has 0 saturated carbocycles. The van der Waals surface area contributed by atoms with Crippen molar-refractivity contribution in [1.82, 2.24) is 24.7 Å². The highest BCUT2D eigenvalue weighted by Gasteiger charge is 2.35. The lowest BCUT2D eigenvalue weighted by atomic mass is 10.2. The Bertz CT molecular complexity index is 880. The van der Waals surface area contributed by atoms with Gasteiger partial charge in [0, 0.05) is 23.0 Å². The van der Waals surface area contributed by atoms with E-state index in [9.17, 15) is 18.0 Å². The van der Waals surface area contributed by atoms with Crippen molar-refractivity contribution in [2.45, 2.75) is 20.0 Å². The number of nitrogens with zero attached hydrogens (tertiary/aromatic N) is 4. The molecule has 24 heavy (non-hydrogen) atoms. The van der Waals surface area contributed by atoms with Crippen molar-refractivity contribution < 1.29 is 18.0 Å². The maximum Gasteiger partial charge on any atom is 0.451 e. The molecule has 0 bridgehead atoms. The molecule has 0 radical (unpaired) electrons. The molecule has 0 aromatic carbocycles. The van der Waals surface area contributed by atoms with E-state index in [0.717, 1.165) is 5.69 Å². The van der Waals surface area contributed by atoms with Gasteiger partial charge in [0.05, 0.1) is 5.56 Å². The minimum Gasteiger partial charge on any atom is -0.294 e. The summed E-state index contributed by atoms with van der Waals surface area (Å²) in [4.78, 5) is 19.7. The minimum absolute atomic E-state index is 0.307. The number of thiazole rings is 1. The SMILES string of the molecule is Cc1cc(C(=O)Nc2n[nH]c(C(F)(F)F)n2)c(C)n1-c1nccs1. The van der Waals surface area contributed by atoms with Crippen LogP contribution >= 0.6 is 11.3 Å². The maximum absolute atomic E-state index is 12.5. The van der Waals surface area contributed by atoms with Crippen molar-refractivity contribution in [2.24, 2.45) is 0 Å². The molecule has 126 valence electrons. The fourth-order valence-corrected chi connectivity index (χ4v) is 2.98. The van der Waals surface area contributed by atoms with Crippen molar-refractivity contribution >= 4 is 23.2 Å². The van der Waals surface area contributed by atoms with Crippen LogP contribution in [0.25, 0.3) is 5.13 Å². The van der Waals surface area contributed by atoms with E-state index in [0.29, 0.717) is 16.4 Å². The van der Waals surface area contributed by atoms with Gasteiger partial charge in [0.2, 0.25) is 11.8 Å². The van der Waals surface area contributed by atoms with E-state index in [-0.39, 0.29) is 0 Å². The van der Waals surface area contributed by atoms with Crippen LogP contribution in [-0.2, 0) is 6.18 Å². The van der Waals surface area contributed by atoms with Gasteiger partial charge in [-0.05, 0) is 19.9 Å². The number of aromatic amines is 1. The van der Waals surface area contributed by atoms with Crippen molar-refractivity contribution in [2.75, 3.05) is 5.32 Å². The number of nitrogens with one attached hydrogen (secondary N) is 2. The average Bonchev–Trinajstić information content (AvgIpc) is 3.19. The summed E-state index contributed by atoms with van der Waals surface area (Å²) < 4.78 is 39.2. The fraction of sp³-hybridized carbons (Fsp3) is 0.231. The molecular formula is C13H11F3N6OS. The second-order valence-electron chi connectivity index (χ2n) is 4.89. The highest BCUT2D eigenvalue weighted by Crippen LogP contribution is 2.27. The summed E-state index contributed by atoms with van der Waals surface area (Å²) in [6, 6.07) is 1.63. The first-order chi connectivity index (χ1) is 11.3. The Morgan fingerprint density at radius 1 is 1.38 bits per heavy atom. The van der Waals surface area contributed by atoms with Crippen LogP contribution in [0.15, 0.2) is 17.6 Å². The van der Waals surface area contributed by atoms with Crippen LogP contribution in [0.2, 0.25) is 0 Å². The standard InChI is InChI=1S/C13H11F3N6OS/c1-6-5-8(7(2)22(6)12-17-3-4-24-12)9(23)18-11-19-10(20-21-11)13(14,15)16/h3-5H,1-2H3,(H2,18,19,20,21,23). The van der Waals surface area contributed by atoms with Crippen molar-refractivity contribution in [3.63, 3.8) is 0 Å². The van der Waals surface area contributed by atoms with Gasteiger partial charge in [-0.3, -0.25) is 19.8 Å². The number of hydrogen-bond acceptors (Lipinski definition) is 5. The van der Waals surface area contributed by atoms with Crippen molar-refractivity contribution in [3.8, 4) is 5.13 Å². The number of carbonyl (C=O) groups excluding carboxylic acids is 1. The van der Waals surface area contributed by atoms with E-state index < -0.39 is 23.9 Å². The molecule has 0 saturated heterocycles. The molecule has 1 amide bonds. The van der Waals surface area contributed by atoms with Crippen LogP contribution in [-0.4, -0.2) is 30.6 Å². The third kappa shape index (κ3) is 2.89. The summed E-state index contributed by atoms with van der Waals surface area (Å²) in [5.41, 5.74) is 1.70. The molecule has 3 rings (SSSR count). The quantitative estimate of drug-likeness (QED) is 0.755. The Morgan fingerprint density at radius 3 is 2.71 bits per heavy atom. The number of halogens is 3. The number of aryl methyl sites for hydroxylation is 1. The van der Waals surface area contributed by atoms with Crippen LogP contribution in [0.1, 0.15) is 27.6 Å². The van der Waals surface area contributed by atoms with Gasteiger partial charge >= 0.3 is 6.18 Å². The third-order valence-corrected chi connectivity index (χ3v) is 4.02. The predicted octanol–water partition coefficient (Wildman–Crippen LogP) is 2.94. The normalized spacial score (nSPS) is 11.7. The number of anilines is 1. The number of hydrogen-bond donors (Lipinski definition) is 2. The average molecular weight is 356 g/mol. The molecule has 11 heteroatoms. The lowest BCUT2D eigenvalue weighted by Gasteiger charge is -2.05. The number of carbonyl (C=O) groups is 1. The second kappa shape index (κ2) is 5.74. The molecule has 2 N–H and O–H groups in total. The molecule has 0 spiro atoms. The van der Waals surface area contributed by atoms with Gasteiger partial charge in [0.25, 0.3) is 5.91 Å². The molecule has 3 aromatic rings. The lowest BCUT2D eigenvalue weighted by Crippen LogP contribution is -2.14. The van der Waals surface area contributed by atoms with E-state index in [2.05, 4.69) is 20.4 Å². The molecule has 3 heterocycles. The van der Waals surface area contributed by atoms with Gasteiger partial charge in [-0.2, -0.15) is 18.2 Å². The third-order valence-electron chi connectivity index (χ3n) is 3.27. The van der Waals surface area contributed by atoms with Gasteiger partial charge in [-0.15, -0.1) is 16.4 Å². The molecule has 0 fully saturated rings. The summed E-state index contributed by atoms with van der Waals surface area (Å²) in [5, 5.41) is 9.85. The van der Waals surface area contributed by atoms with Crippen molar-refractivity contribution in [1.29, 1.82) is 0 Å². The summed E-state index contributed by atoms with van der Waals surface area (Å²) in [6.07, 6.45) is -3.01.